The highest BCUT2D eigenvalue weighted by Crippen LogP contribution is 2.19. The van der Waals surface area contributed by atoms with Crippen molar-refractivity contribution in [3.63, 3.8) is 0 Å². The monoisotopic (exact) mass is 409 g/mol. The molecule has 0 fully saturated rings. The predicted molar refractivity (Wildman–Crippen MR) is 111 cm³/mol. The van der Waals surface area contributed by atoms with Crippen molar-refractivity contribution in [3.05, 3.63) is 0 Å². The quantitative estimate of drug-likeness (QED) is 0.167. The van der Waals surface area contributed by atoms with E-state index in [4.69, 9.17) is 0 Å². The molecule has 0 rings (SSSR count). The van der Waals surface area contributed by atoms with Gasteiger partial charge in [-0.05, 0) is 20.3 Å². The lowest BCUT2D eigenvalue weighted by Crippen LogP contribution is -2.30. The van der Waals surface area contributed by atoms with Gasteiger partial charge in [0.15, 0.2) is 0 Å². The van der Waals surface area contributed by atoms with Gasteiger partial charge in [-0.3, -0.25) is 8.98 Å². The zero-order valence-electron chi connectivity index (χ0n) is 18.1. The Labute approximate surface area is 167 Å². The van der Waals surface area contributed by atoms with E-state index in [0.717, 1.165) is 19.3 Å². The topological polar surface area (TPSA) is 120 Å². The standard InChI is InChI=1S/C20H40O5S.H3N/c1-4-5-6-7-8-9-10-11-12-13-14-15-16-17-19(21)18-20(2,3)25-26(22,23)24;/h4-18H2,1-3H3,(H,22,23,24);1H3. The van der Waals surface area contributed by atoms with Crippen molar-refractivity contribution in [3.8, 4) is 0 Å². The van der Waals surface area contributed by atoms with E-state index in [1.165, 1.54) is 78.1 Å². The third kappa shape index (κ3) is 21.7. The average molecular weight is 410 g/mol. The Hall–Kier alpha value is -0.500. The molecule has 6 nitrogen and oxygen atoms in total. The van der Waals surface area contributed by atoms with Crippen molar-refractivity contribution >= 4 is 16.2 Å². The van der Waals surface area contributed by atoms with Gasteiger partial charge < -0.3 is 10.7 Å². The first-order valence-corrected chi connectivity index (χ1v) is 11.7. The largest absolute Gasteiger partial charge is 0.726 e. The minimum absolute atomic E-state index is 0. The Bertz CT molecular complexity index is 463. The van der Waals surface area contributed by atoms with Gasteiger partial charge in [0.25, 0.3) is 0 Å². The number of Topliss-reactive ketones (excluding diaryl/α,β-unsaturated/α-hetero) is 1. The van der Waals surface area contributed by atoms with Gasteiger partial charge >= 0.3 is 0 Å². The fourth-order valence-electron chi connectivity index (χ4n) is 3.21. The molecule has 0 aromatic carbocycles. The van der Waals surface area contributed by atoms with E-state index < -0.39 is 16.0 Å². The van der Waals surface area contributed by atoms with Crippen molar-refractivity contribution < 1.29 is 21.9 Å². The summed E-state index contributed by atoms with van der Waals surface area (Å²) in [5, 5.41) is 0. The summed E-state index contributed by atoms with van der Waals surface area (Å²) in [6.45, 7) is 5.14. The molecule has 0 bridgehead atoms. The Morgan fingerprint density at radius 3 is 1.56 bits per heavy atom. The molecule has 0 heterocycles. The first-order valence-electron chi connectivity index (χ1n) is 10.3. The summed E-state index contributed by atoms with van der Waals surface area (Å²) in [6.07, 6.45) is 16.6. The molecule has 0 aromatic heterocycles. The summed E-state index contributed by atoms with van der Waals surface area (Å²) >= 11 is 0. The molecule has 0 aliphatic rings. The molecular weight excluding hydrogens is 366 g/mol. The first-order chi connectivity index (χ1) is 12.2. The van der Waals surface area contributed by atoms with E-state index in [-0.39, 0.29) is 18.4 Å². The Morgan fingerprint density at radius 2 is 1.19 bits per heavy atom. The van der Waals surface area contributed by atoms with Crippen LogP contribution < -0.4 is 6.15 Å². The molecule has 0 spiro atoms. The lowest BCUT2D eigenvalue weighted by atomic mass is 9.98. The number of unbranched alkanes of at least 4 members (excludes halogenated alkanes) is 12. The maximum atomic E-state index is 11.9. The summed E-state index contributed by atoms with van der Waals surface area (Å²) < 4.78 is 36.3. The minimum Gasteiger partial charge on any atom is -0.726 e. The Kier molecular flexibility index (Phi) is 17.5. The van der Waals surface area contributed by atoms with Gasteiger partial charge in [-0.1, -0.05) is 84.0 Å². The van der Waals surface area contributed by atoms with Crippen molar-refractivity contribution in [2.75, 3.05) is 0 Å². The van der Waals surface area contributed by atoms with Crippen LogP contribution in [0.2, 0.25) is 0 Å². The summed E-state index contributed by atoms with van der Waals surface area (Å²) in [5.74, 6) is -0.0540. The number of rotatable bonds is 18. The van der Waals surface area contributed by atoms with Crippen molar-refractivity contribution in [2.45, 2.75) is 123 Å². The fourth-order valence-corrected chi connectivity index (χ4v) is 3.82. The molecule has 0 aliphatic carbocycles. The molecule has 0 atom stereocenters. The van der Waals surface area contributed by atoms with Crippen molar-refractivity contribution in [1.29, 1.82) is 0 Å². The number of carbonyl (C=O) groups excluding carboxylic acids is 1. The highest BCUT2D eigenvalue weighted by Gasteiger charge is 2.25. The average Bonchev–Trinajstić information content (AvgIpc) is 2.48. The molecule has 0 saturated carbocycles. The van der Waals surface area contributed by atoms with Crippen LogP contribution >= 0.6 is 0 Å². The van der Waals surface area contributed by atoms with Crippen LogP contribution in [0, 0.1) is 0 Å². The van der Waals surface area contributed by atoms with Crippen molar-refractivity contribution in [2.24, 2.45) is 0 Å². The highest BCUT2D eigenvalue weighted by atomic mass is 32.3. The van der Waals surface area contributed by atoms with E-state index in [0.29, 0.717) is 6.42 Å². The van der Waals surface area contributed by atoms with Crippen LogP contribution in [0.5, 0.6) is 0 Å². The molecule has 27 heavy (non-hydrogen) atoms. The van der Waals surface area contributed by atoms with Gasteiger partial charge in [0.2, 0.25) is 10.4 Å². The third-order valence-corrected chi connectivity index (χ3v) is 5.17. The van der Waals surface area contributed by atoms with Crippen LogP contribution in [0.25, 0.3) is 0 Å². The van der Waals surface area contributed by atoms with Crippen LogP contribution in [0.4, 0.5) is 0 Å². The highest BCUT2D eigenvalue weighted by molar-refractivity contribution is 7.80. The number of quaternary nitrogens is 1. The Morgan fingerprint density at radius 1 is 0.815 bits per heavy atom. The normalized spacial score (nSPS) is 12.0. The number of hydrogen-bond acceptors (Lipinski definition) is 5. The lowest BCUT2D eigenvalue weighted by molar-refractivity contribution is -0.122. The smallest absolute Gasteiger partial charge is 0.218 e. The first kappa shape index (κ1) is 28.7. The van der Waals surface area contributed by atoms with Crippen LogP contribution in [-0.2, 0) is 19.4 Å². The summed E-state index contributed by atoms with van der Waals surface area (Å²) in [5.41, 5.74) is -1.26. The number of ketones is 1. The second-order valence-electron chi connectivity index (χ2n) is 7.96. The molecule has 0 aromatic rings. The SMILES string of the molecule is CCCCCCCCCCCCCCCC(=O)CC(C)(C)OS(=O)(=O)[O-].[NH4+]. The predicted octanol–water partition coefficient (Wildman–Crippen LogP) is 6.06. The van der Waals surface area contributed by atoms with Crippen LogP contribution in [0.3, 0.4) is 0 Å². The lowest BCUT2D eigenvalue weighted by Gasteiger charge is -2.25. The maximum Gasteiger partial charge on any atom is 0.218 e. The van der Waals surface area contributed by atoms with Crippen LogP contribution in [0.1, 0.15) is 117 Å². The van der Waals surface area contributed by atoms with Gasteiger partial charge in [-0.25, -0.2) is 8.42 Å². The van der Waals surface area contributed by atoms with Gasteiger partial charge in [0.05, 0.1) is 5.60 Å². The molecule has 164 valence electrons. The zero-order valence-corrected chi connectivity index (χ0v) is 18.9. The van der Waals surface area contributed by atoms with Gasteiger partial charge in [0.1, 0.15) is 5.78 Å². The molecule has 0 aliphatic heterocycles. The van der Waals surface area contributed by atoms with E-state index in [2.05, 4.69) is 11.1 Å². The molecule has 0 unspecified atom stereocenters. The molecule has 4 N–H and O–H groups in total. The molecule has 0 saturated heterocycles. The van der Waals surface area contributed by atoms with Gasteiger partial charge in [-0.15, -0.1) is 0 Å². The maximum absolute atomic E-state index is 11.9. The van der Waals surface area contributed by atoms with E-state index in [9.17, 15) is 17.8 Å². The van der Waals surface area contributed by atoms with Gasteiger partial charge in [0, 0.05) is 12.8 Å². The Balaban J connectivity index is 0. The molecular formula is C20H43NO5S. The van der Waals surface area contributed by atoms with Crippen molar-refractivity contribution in [1.82, 2.24) is 6.15 Å². The summed E-state index contributed by atoms with van der Waals surface area (Å²) in [7, 11) is -4.78. The van der Waals surface area contributed by atoms with E-state index in [1.54, 1.807) is 0 Å². The van der Waals surface area contributed by atoms with Crippen LogP contribution in [0.15, 0.2) is 0 Å². The molecule has 0 amide bonds. The molecule has 0 radical (unpaired) electrons. The van der Waals surface area contributed by atoms with Crippen LogP contribution in [-0.4, -0.2) is 24.4 Å². The summed E-state index contributed by atoms with van der Waals surface area (Å²) in [6, 6.07) is 0. The number of hydrogen-bond donors (Lipinski definition) is 1. The summed E-state index contributed by atoms with van der Waals surface area (Å²) in [4.78, 5) is 11.9. The fraction of sp³-hybridized carbons (Fsp3) is 0.950. The minimum atomic E-state index is -4.78. The van der Waals surface area contributed by atoms with Gasteiger partial charge in [-0.2, -0.15) is 0 Å². The third-order valence-electron chi connectivity index (χ3n) is 4.51. The van der Waals surface area contributed by atoms with E-state index in [1.807, 2.05) is 0 Å². The van der Waals surface area contributed by atoms with E-state index >= 15 is 0 Å². The second-order valence-corrected chi connectivity index (χ2v) is 8.94. The number of carbonyl (C=O) groups is 1. The second kappa shape index (κ2) is 16.5. The zero-order chi connectivity index (χ0) is 19.9. The molecule has 7 heteroatoms.